The number of benzene rings is 3. The summed E-state index contributed by atoms with van der Waals surface area (Å²) in [5, 5.41) is 3.39. The second-order valence-electron chi connectivity index (χ2n) is 9.53. The van der Waals surface area contributed by atoms with Gasteiger partial charge in [0.25, 0.3) is 10.0 Å². The molecular weight excluding hydrogens is 546 g/mol. The Morgan fingerprint density at radius 1 is 0.900 bits per heavy atom. The fourth-order valence-electron chi connectivity index (χ4n) is 4.38. The maximum atomic E-state index is 14.1. The fourth-order valence-corrected chi connectivity index (χ4v) is 6.01. The summed E-state index contributed by atoms with van der Waals surface area (Å²) in [6, 6.07) is 21.5. The van der Waals surface area contributed by atoms with E-state index in [0.717, 1.165) is 29.1 Å². The Morgan fingerprint density at radius 3 is 2.15 bits per heavy atom. The molecule has 0 heterocycles. The van der Waals surface area contributed by atoms with Crippen molar-refractivity contribution in [2.75, 3.05) is 17.4 Å². The van der Waals surface area contributed by atoms with Crippen molar-refractivity contribution in [2.45, 2.75) is 63.9 Å². The molecule has 40 heavy (non-hydrogen) atoms. The van der Waals surface area contributed by atoms with Crippen LogP contribution in [-0.2, 0) is 32.6 Å². The van der Waals surface area contributed by atoms with Gasteiger partial charge < -0.3 is 10.2 Å². The van der Waals surface area contributed by atoms with Crippen molar-refractivity contribution in [1.82, 2.24) is 10.2 Å². The van der Waals surface area contributed by atoms with Gasteiger partial charge in [-0.3, -0.25) is 13.9 Å². The number of anilines is 1. The highest BCUT2D eigenvalue weighted by molar-refractivity contribution is 7.92. The summed E-state index contributed by atoms with van der Waals surface area (Å²) in [6.07, 6.45) is 2.88. The predicted molar refractivity (Wildman–Crippen MR) is 161 cm³/mol. The highest BCUT2D eigenvalue weighted by atomic mass is 35.5. The van der Waals surface area contributed by atoms with E-state index in [4.69, 9.17) is 11.6 Å². The molecule has 3 rings (SSSR count). The van der Waals surface area contributed by atoms with E-state index in [2.05, 4.69) is 5.32 Å². The van der Waals surface area contributed by atoms with Gasteiger partial charge in [0.15, 0.2) is 0 Å². The van der Waals surface area contributed by atoms with Crippen LogP contribution in [0.1, 0.15) is 51.2 Å². The standard InChI is InChI=1S/C31H38ClN3O4S/c1-4-7-21-33-31(37)29(6-3)34(22-25-13-11-12-16-28(25)32)30(36)23-35(26-19-17-24(5-2)18-20-26)40(38,39)27-14-9-8-10-15-27/h8-20,29H,4-7,21-23H2,1-3H3,(H,33,37)/t29-/m1/s1. The largest absolute Gasteiger partial charge is 0.354 e. The van der Waals surface area contributed by atoms with Crippen LogP contribution in [0, 0.1) is 0 Å². The quantitative estimate of drug-likeness (QED) is 0.242. The first kappa shape index (κ1) is 31.2. The third-order valence-electron chi connectivity index (χ3n) is 6.76. The van der Waals surface area contributed by atoms with Crippen LogP contribution < -0.4 is 9.62 Å². The van der Waals surface area contributed by atoms with E-state index in [1.807, 2.05) is 39.0 Å². The number of nitrogens with zero attached hydrogens (tertiary/aromatic N) is 2. The average Bonchev–Trinajstić information content (AvgIpc) is 2.97. The van der Waals surface area contributed by atoms with Gasteiger partial charge in [0.2, 0.25) is 11.8 Å². The molecule has 0 aliphatic carbocycles. The third-order valence-corrected chi connectivity index (χ3v) is 8.91. The van der Waals surface area contributed by atoms with Crippen LogP contribution in [0.4, 0.5) is 5.69 Å². The fraction of sp³-hybridized carbons (Fsp3) is 0.355. The normalized spacial score (nSPS) is 12.0. The van der Waals surface area contributed by atoms with E-state index in [1.54, 1.807) is 48.5 Å². The number of carbonyl (C=O) groups excluding carboxylic acids is 2. The number of nitrogens with one attached hydrogen (secondary N) is 1. The Balaban J connectivity index is 2.03. The topological polar surface area (TPSA) is 86.8 Å². The molecule has 1 atom stereocenters. The van der Waals surface area contributed by atoms with E-state index in [-0.39, 0.29) is 17.3 Å². The molecule has 0 radical (unpaired) electrons. The third kappa shape index (κ3) is 7.86. The predicted octanol–water partition coefficient (Wildman–Crippen LogP) is 5.82. The number of unbranched alkanes of at least 4 members (excludes halogenated alkanes) is 1. The molecule has 0 saturated heterocycles. The lowest BCUT2D eigenvalue weighted by molar-refractivity contribution is -0.140. The second kappa shape index (κ2) is 14.9. The number of rotatable bonds is 14. The van der Waals surface area contributed by atoms with Gasteiger partial charge in [-0.1, -0.05) is 87.3 Å². The van der Waals surface area contributed by atoms with Crippen LogP contribution in [0.25, 0.3) is 0 Å². The summed E-state index contributed by atoms with van der Waals surface area (Å²) in [5.74, 6) is -0.780. The number of sulfonamides is 1. The Bertz CT molecular complexity index is 1360. The van der Waals surface area contributed by atoms with Crippen molar-refractivity contribution < 1.29 is 18.0 Å². The van der Waals surface area contributed by atoms with Crippen LogP contribution in [-0.4, -0.2) is 44.3 Å². The van der Waals surface area contributed by atoms with Crippen molar-refractivity contribution in [2.24, 2.45) is 0 Å². The lowest BCUT2D eigenvalue weighted by Crippen LogP contribution is -2.52. The van der Waals surface area contributed by atoms with E-state index in [9.17, 15) is 18.0 Å². The summed E-state index contributed by atoms with van der Waals surface area (Å²) in [5.41, 5.74) is 2.08. The number of carbonyl (C=O) groups is 2. The minimum Gasteiger partial charge on any atom is -0.354 e. The number of halogens is 1. The zero-order valence-corrected chi connectivity index (χ0v) is 24.9. The molecule has 2 amide bonds. The van der Waals surface area contributed by atoms with Crippen LogP contribution in [0.3, 0.4) is 0 Å². The van der Waals surface area contributed by atoms with Crippen LogP contribution in [0.15, 0.2) is 83.8 Å². The molecule has 0 aromatic heterocycles. The van der Waals surface area contributed by atoms with Crippen molar-refractivity contribution in [1.29, 1.82) is 0 Å². The smallest absolute Gasteiger partial charge is 0.264 e. The first-order chi connectivity index (χ1) is 19.2. The minimum absolute atomic E-state index is 0.0617. The van der Waals surface area contributed by atoms with Crippen LogP contribution in [0.5, 0.6) is 0 Å². The SMILES string of the molecule is CCCCNC(=O)[C@@H](CC)N(Cc1ccccc1Cl)C(=O)CN(c1ccc(CC)cc1)S(=O)(=O)c1ccccc1. The van der Waals surface area contributed by atoms with Crippen molar-refractivity contribution in [3.63, 3.8) is 0 Å². The van der Waals surface area contributed by atoms with Gasteiger partial charge >= 0.3 is 0 Å². The molecule has 3 aromatic carbocycles. The van der Waals surface area contributed by atoms with Gasteiger partial charge in [-0.25, -0.2) is 8.42 Å². The lowest BCUT2D eigenvalue weighted by atomic mass is 10.1. The van der Waals surface area contributed by atoms with E-state index in [0.29, 0.717) is 29.2 Å². The summed E-state index contributed by atoms with van der Waals surface area (Å²) in [7, 11) is -4.09. The highest BCUT2D eigenvalue weighted by Crippen LogP contribution is 2.26. The Hall–Kier alpha value is -3.36. The Kier molecular flexibility index (Phi) is 11.6. The van der Waals surface area contributed by atoms with Gasteiger partial charge in [0.1, 0.15) is 12.6 Å². The lowest BCUT2D eigenvalue weighted by Gasteiger charge is -2.33. The Morgan fingerprint density at radius 2 is 1.55 bits per heavy atom. The first-order valence-corrected chi connectivity index (χ1v) is 15.5. The number of hydrogen-bond acceptors (Lipinski definition) is 4. The van der Waals surface area contributed by atoms with Crippen LogP contribution >= 0.6 is 11.6 Å². The zero-order chi connectivity index (χ0) is 29.1. The van der Waals surface area contributed by atoms with Gasteiger partial charge in [0, 0.05) is 18.1 Å². The zero-order valence-electron chi connectivity index (χ0n) is 23.3. The maximum Gasteiger partial charge on any atom is 0.264 e. The number of amides is 2. The molecule has 0 aliphatic heterocycles. The minimum atomic E-state index is -4.09. The van der Waals surface area contributed by atoms with Crippen LogP contribution in [0.2, 0.25) is 5.02 Å². The monoisotopic (exact) mass is 583 g/mol. The van der Waals surface area contributed by atoms with Crippen molar-refractivity contribution >= 4 is 39.1 Å². The summed E-state index contributed by atoms with van der Waals surface area (Å²) < 4.78 is 28.8. The molecule has 0 aliphatic rings. The molecule has 0 fully saturated rings. The van der Waals surface area contributed by atoms with E-state index >= 15 is 0 Å². The van der Waals surface area contributed by atoms with Gasteiger partial charge in [0.05, 0.1) is 10.6 Å². The average molecular weight is 584 g/mol. The molecular formula is C31H38ClN3O4S. The highest BCUT2D eigenvalue weighted by Gasteiger charge is 2.33. The molecule has 0 bridgehead atoms. The van der Waals surface area contributed by atoms with Crippen molar-refractivity contribution in [3.8, 4) is 0 Å². The molecule has 0 saturated carbocycles. The maximum absolute atomic E-state index is 14.1. The molecule has 7 nitrogen and oxygen atoms in total. The second-order valence-corrected chi connectivity index (χ2v) is 11.8. The molecule has 9 heteroatoms. The van der Waals surface area contributed by atoms with Gasteiger partial charge in [-0.15, -0.1) is 0 Å². The first-order valence-electron chi connectivity index (χ1n) is 13.7. The van der Waals surface area contributed by atoms with E-state index in [1.165, 1.54) is 17.0 Å². The molecule has 214 valence electrons. The number of aryl methyl sites for hydroxylation is 1. The Labute approximate surface area is 243 Å². The summed E-state index contributed by atoms with van der Waals surface area (Å²) >= 11 is 6.44. The molecule has 0 unspecified atom stereocenters. The summed E-state index contributed by atoms with van der Waals surface area (Å²) in [4.78, 5) is 28.8. The summed E-state index contributed by atoms with van der Waals surface area (Å²) in [6.45, 7) is 5.96. The van der Waals surface area contributed by atoms with E-state index < -0.39 is 28.5 Å². The number of hydrogen-bond donors (Lipinski definition) is 1. The van der Waals surface area contributed by atoms with Crippen molar-refractivity contribution in [3.05, 3.63) is 95.0 Å². The van der Waals surface area contributed by atoms with Gasteiger partial charge in [-0.2, -0.15) is 0 Å². The van der Waals surface area contributed by atoms with Gasteiger partial charge in [-0.05, 0) is 60.7 Å². The molecule has 1 N–H and O–H groups in total. The molecule has 3 aromatic rings. The molecule has 0 spiro atoms.